The van der Waals surface area contributed by atoms with Gasteiger partial charge in [0.25, 0.3) is 0 Å². The molecular formula is C23H31N2O+. The minimum atomic E-state index is -0.277. The highest BCUT2D eigenvalue weighted by Crippen LogP contribution is 2.53. The Hall–Kier alpha value is -1.71. The Balaban J connectivity index is 1.77. The second-order valence-corrected chi connectivity index (χ2v) is 8.14. The summed E-state index contributed by atoms with van der Waals surface area (Å²) in [6.45, 7) is 8.64. The topological polar surface area (TPSA) is 25.1 Å². The highest BCUT2D eigenvalue weighted by molar-refractivity contribution is 5.77. The normalized spacial score (nSPS) is 29.0. The van der Waals surface area contributed by atoms with Gasteiger partial charge in [-0.2, -0.15) is 4.57 Å². The average molecular weight is 352 g/mol. The van der Waals surface area contributed by atoms with Crippen molar-refractivity contribution in [2.24, 2.45) is 5.92 Å². The van der Waals surface area contributed by atoms with E-state index >= 15 is 0 Å². The molecule has 4 rings (SSSR count). The van der Waals surface area contributed by atoms with Gasteiger partial charge in [0, 0.05) is 36.2 Å². The predicted molar refractivity (Wildman–Crippen MR) is 107 cm³/mol. The van der Waals surface area contributed by atoms with Crippen LogP contribution in [0, 0.1) is 5.92 Å². The highest BCUT2D eigenvalue weighted by atomic mass is 16.5. The number of fused-ring (bicyclic) bond motifs is 1. The van der Waals surface area contributed by atoms with Gasteiger partial charge in [-0.1, -0.05) is 44.9 Å². The van der Waals surface area contributed by atoms with Crippen LogP contribution in [0.5, 0.6) is 0 Å². The monoisotopic (exact) mass is 351 g/mol. The molecule has 0 radical (unpaired) electrons. The molecule has 2 fully saturated rings. The van der Waals surface area contributed by atoms with Crippen molar-refractivity contribution in [3.8, 4) is 0 Å². The molecule has 1 heterocycles. The number of methoxy groups -OCH3 is 1. The first-order valence-corrected chi connectivity index (χ1v) is 10.0. The summed E-state index contributed by atoms with van der Waals surface area (Å²) in [5.41, 5.74) is 3.28. The lowest BCUT2D eigenvalue weighted by molar-refractivity contribution is -0.686. The molecule has 2 aromatic rings. The number of pyridine rings is 1. The van der Waals surface area contributed by atoms with Crippen LogP contribution in [0.1, 0.15) is 57.7 Å². The van der Waals surface area contributed by atoms with Crippen LogP contribution in [-0.2, 0) is 4.74 Å². The van der Waals surface area contributed by atoms with Crippen molar-refractivity contribution in [3.05, 3.63) is 48.7 Å². The summed E-state index contributed by atoms with van der Waals surface area (Å²) in [5.74, 6) is 0.420. The molecule has 2 aliphatic rings. The molecule has 0 amide bonds. The van der Waals surface area contributed by atoms with Gasteiger partial charge < -0.3 is 4.74 Å². The van der Waals surface area contributed by atoms with E-state index in [1.54, 1.807) is 0 Å². The zero-order valence-electron chi connectivity index (χ0n) is 16.3. The van der Waals surface area contributed by atoms with Crippen molar-refractivity contribution in [2.75, 3.05) is 7.11 Å². The lowest BCUT2D eigenvalue weighted by Gasteiger charge is -2.28. The predicted octanol–water partition coefficient (Wildman–Crippen LogP) is 4.62. The Morgan fingerprint density at radius 1 is 1.15 bits per heavy atom. The van der Waals surface area contributed by atoms with E-state index < -0.39 is 0 Å². The van der Waals surface area contributed by atoms with Crippen LogP contribution in [-0.4, -0.2) is 18.9 Å². The fourth-order valence-electron chi connectivity index (χ4n) is 4.95. The molecule has 2 saturated carbocycles. The number of nitrogens with zero attached hydrogens (tertiary/aromatic N) is 1. The van der Waals surface area contributed by atoms with Gasteiger partial charge in [0.05, 0.1) is 5.92 Å². The summed E-state index contributed by atoms with van der Waals surface area (Å²) in [5, 5.41) is 5.18. The van der Waals surface area contributed by atoms with E-state index in [2.05, 4.69) is 66.7 Å². The summed E-state index contributed by atoms with van der Waals surface area (Å²) in [6.07, 6.45) is 6.55. The van der Waals surface area contributed by atoms with Crippen LogP contribution in [0.3, 0.4) is 0 Å². The molecular weight excluding hydrogens is 320 g/mol. The quantitative estimate of drug-likeness (QED) is 0.628. The van der Waals surface area contributed by atoms with E-state index in [1.807, 2.05) is 7.11 Å². The lowest BCUT2D eigenvalue weighted by atomic mass is 9.95. The maximum atomic E-state index is 6.15. The number of rotatable bonds is 5. The van der Waals surface area contributed by atoms with Crippen molar-refractivity contribution < 1.29 is 9.30 Å². The Morgan fingerprint density at radius 2 is 1.88 bits per heavy atom. The summed E-state index contributed by atoms with van der Waals surface area (Å²) in [7, 11) is 1.86. The van der Waals surface area contributed by atoms with Gasteiger partial charge in [0.15, 0.2) is 5.72 Å². The molecule has 26 heavy (non-hydrogen) atoms. The molecule has 3 heteroatoms. The van der Waals surface area contributed by atoms with Gasteiger partial charge in [-0.3, -0.25) is 5.32 Å². The summed E-state index contributed by atoms with van der Waals surface area (Å²) < 4.78 is 8.61. The zero-order chi connectivity index (χ0) is 18.3. The van der Waals surface area contributed by atoms with E-state index in [0.717, 1.165) is 5.57 Å². The molecule has 3 atom stereocenters. The SMILES string of the molecule is C=C(C)c1ccc2ccccc2[n+]1C1C(C)C1(NC1CCCCC1)OC. The van der Waals surface area contributed by atoms with E-state index in [1.165, 1.54) is 48.7 Å². The standard InChI is InChI=1S/C23H31N2O/c1-16(2)20-15-14-18-10-8-9-13-21(18)25(20)22-17(3)23(22,26-4)24-19-11-6-5-7-12-19/h8-10,13-15,17,19,22,24H,1,5-7,11-12H2,2-4H3/q+1. The molecule has 0 bridgehead atoms. The van der Waals surface area contributed by atoms with Crippen molar-refractivity contribution in [2.45, 2.75) is 63.8 Å². The van der Waals surface area contributed by atoms with Gasteiger partial charge in [-0.25, -0.2) is 0 Å². The Labute approximate surface area is 157 Å². The molecule has 1 aromatic carbocycles. The zero-order valence-corrected chi connectivity index (χ0v) is 16.3. The number of ether oxygens (including phenoxy) is 1. The second kappa shape index (κ2) is 6.79. The Bertz CT molecular complexity index is 824. The van der Waals surface area contributed by atoms with Crippen molar-refractivity contribution >= 4 is 16.5 Å². The van der Waals surface area contributed by atoms with Crippen LogP contribution in [0.25, 0.3) is 16.5 Å². The van der Waals surface area contributed by atoms with Crippen LogP contribution in [0.15, 0.2) is 43.0 Å². The third-order valence-electron chi connectivity index (χ3n) is 6.45. The lowest BCUT2D eigenvalue weighted by Crippen LogP contribution is -2.50. The fraction of sp³-hybridized carbons (Fsp3) is 0.522. The molecule has 2 aliphatic carbocycles. The maximum absolute atomic E-state index is 6.15. The Kier molecular flexibility index (Phi) is 4.62. The molecule has 0 aliphatic heterocycles. The minimum Gasteiger partial charge on any atom is -0.356 e. The first-order valence-electron chi connectivity index (χ1n) is 10.0. The molecule has 3 unspecified atom stereocenters. The van der Waals surface area contributed by atoms with Crippen LogP contribution >= 0.6 is 0 Å². The van der Waals surface area contributed by atoms with E-state index in [9.17, 15) is 0 Å². The smallest absolute Gasteiger partial charge is 0.213 e. The van der Waals surface area contributed by atoms with Crippen molar-refractivity contribution in [1.82, 2.24) is 5.32 Å². The minimum absolute atomic E-state index is 0.277. The van der Waals surface area contributed by atoms with E-state index in [4.69, 9.17) is 4.74 Å². The fourth-order valence-corrected chi connectivity index (χ4v) is 4.95. The molecule has 0 spiro atoms. The van der Waals surface area contributed by atoms with Crippen molar-refractivity contribution in [1.29, 1.82) is 0 Å². The maximum Gasteiger partial charge on any atom is 0.213 e. The first kappa shape index (κ1) is 17.7. The van der Waals surface area contributed by atoms with E-state index in [-0.39, 0.29) is 11.8 Å². The highest BCUT2D eigenvalue weighted by Gasteiger charge is 2.72. The number of benzene rings is 1. The second-order valence-electron chi connectivity index (χ2n) is 8.14. The number of hydrogen-bond donors (Lipinski definition) is 1. The van der Waals surface area contributed by atoms with Gasteiger partial charge in [0.1, 0.15) is 0 Å². The van der Waals surface area contributed by atoms with Crippen molar-refractivity contribution in [3.63, 3.8) is 0 Å². The number of allylic oxidation sites excluding steroid dienone is 1. The molecule has 1 aromatic heterocycles. The van der Waals surface area contributed by atoms with Crippen LogP contribution < -0.4 is 9.88 Å². The third kappa shape index (κ3) is 2.78. The van der Waals surface area contributed by atoms with Gasteiger partial charge in [0.2, 0.25) is 17.3 Å². The summed E-state index contributed by atoms with van der Waals surface area (Å²) >= 11 is 0. The van der Waals surface area contributed by atoms with Gasteiger partial charge >= 0.3 is 0 Å². The molecule has 138 valence electrons. The Morgan fingerprint density at radius 3 is 2.58 bits per heavy atom. The molecule has 1 N–H and O–H groups in total. The third-order valence-corrected chi connectivity index (χ3v) is 6.45. The van der Waals surface area contributed by atoms with Crippen LogP contribution in [0.4, 0.5) is 0 Å². The summed E-state index contributed by atoms with van der Waals surface area (Å²) in [6, 6.07) is 13.9. The van der Waals surface area contributed by atoms with Crippen LogP contribution in [0.2, 0.25) is 0 Å². The number of para-hydroxylation sites is 1. The molecule has 3 nitrogen and oxygen atoms in total. The van der Waals surface area contributed by atoms with Gasteiger partial charge in [-0.15, -0.1) is 0 Å². The average Bonchev–Trinajstić information content (AvgIpc) is 3.24. The number of hydrogen-bond acceptors (Lipinski definition) is 2. The first-order chi connectivity index (χ1) is 12.6. The number of nitrogens with one attached hydrogen (secondary N) is 1. The molecule has 0 saturated heterocycles. The van der Waals surface area contributed by atoms with Gasteiger partial charge in [-0.05, 0) is 31.9 Å². The summed E-state index contributed by atoms with van der Waals surface area (Å²) in [4.78, 5) is 0. The largest absolute Gasteiger partial charge is 0.356 e. The van der Waals surface area contributed by atoms with E-state index in [0.29, 0.717) is 12.0 Å². The number of aromatic nitrogens is 1.